The van der Waals surface area contributed by atoms with E-state index in [9.17, 15) is 13.6 Å². The molecule has 0 unspecified atom stereocenters. The summed E-state index contributed by atoms with van der Waals surface area (Å²) in [6.45, 7) is 1.78. The van der Waals surface area contributed by atoms with Crippen molar-refractivity contribution in [2.75, 3.05) is 5.32 Å². The van der Waals surface area contributed by atoms with Crippen LogP contribution in [-0.2, 0) is 17.9 Å². The van der Waals surface area contributed by atoms with Gasteiger partial charge in [0.25, 0.3) is 6.43 Å². The standard InChI is InChI=1S/C26H20Cl2F2N6O/c1-15-24-19(25(29)30)12-21(16-5-3-2-4-6-16)31-26(24)36(33-15)14-23(37)32-22-9-10-35(34-22)13-17-7-8-18(27)11-20(17)28/h2-12,25H,13-14H2,1H3,(H,32,34,37). The number of alkyl halides is 2. The molecule has 11 heteroatoms. The number of nitrogens with zero attached hydrogens (tertiary/aromatic N) is 5. The molecule has 0 aliphatic heterocycles. The highest BCUT2D eigenvalue weighted by molar-refractivity contribution is 6.35. The summed E-state index contributed by atoms with van der Waals surface area (Å²) in [6, 6.07) is 17.2. The summed E-state index contributed by atoms with van der Waals surface area (Å²) in [5.41, 5.74) is 2.30. The molecule has 37 heavy (non-hydrogen) atoms. The number of aromatic nitrogens is 5. The fourth-order valence-electron chi connectivity index (χ4n) is 4.09. The van der Waals surface area contributed by atoms with Crippen molar-refractivity contribution in [3.05, 3.63) is 93.7 Å². The van der Waals surface area contributed by atoms with E-state index in [2.05, 4.69) is 20.5 Å². The molecule has 0 fully saturated rings. The quantitative estimate of drug-likeness (QED) is 0.254. The lowest BCUT2D eigenvalue weighted by Crippen LogP contribution is -2.20. The van der Waals surface area contributed by atoms with Gasteiger partial charge in [0.05, 0.1) is 23.3 Å². The van der Waals surface area contributed by atoms with Crippen LogP contribution in [0.1, 0.15) is 23.2 Å². The smallest absolute Gasteiger partial charge is 0.264 e. The number of hydrogen-bond acceptors (Lipinski definition) is 4. The first-order chi connectivity index (χ1) is 17.8. The molecule has 1 N–H and O–H groups in total. The SMILES string of the molecule is Cc1nn(CC(=O)Nc2ccn(Cc3ccc(Cl)cc3Cl)n2)c2nc(-c3ccccc3)cc(C(F)F)c12. The number of fused-ring (bicyclic) bond motifs is 1. The number of halogens is 4. The largest absolute Gasteiger partial charge is 0.308 e. The Morgan fingerprint density at radius 2 is 1.84 bits per heavy atom. The number of benzene rings is 2. The van der Waals surface area contributed by atoms with E-state index in [1.807, 2.05) is 6.07 Å². The maximum Gasteiger partial charge on any atom is 0.264 e. The van der Waals surface area contributed by atoms with Crippen LogP contribution >= 0.6 is 23.2 Å². The van der Waals surface area contributed by atoms with Gasteiger partial charge in [0.2, 0.25) is 5.91 Å². The van der Waals surface area contributed by atoms with Crippen molar-refractivity contribution in [1.29, 1.82) is 0 Å². The minimum Gasteiger partial charge on any atom is -0.308 e. The Hall–Kier alpha value is -3.82. The maximum atomic E-state index is 14.0. The molecule has 0 aliphatic rings. The van der Waals surface area contributed by atoms with Crippen LogP contribution in [0.3, 0.4) is 0 Å². The Kier molecular flexibility index (Phi) is 6.90. The number of carbonyl (C=O) groups excluding carboxylic acids is 1. The molecule has 0 aliphatic carbocycles. The van der Waals surface area contributed by atoms with Crippen molar-refractivity contribution in [2.24, 2.45) is 0 Å². The lowest BCUT2D eigenvalue weighted by atomic mass is 10.1. The molecule has 3 heterocycles. The molecule has 0 bridgehead atoms. The van der Waals surface area contributed by atoms with Crippen LogP contribution in [-0.4, -0.2) is 30.5 Å². The van der Waals surface area contributed by atoms with Gasteiger partial charge in [0, 0.05) is 33.4 Å². The van der Waals surface area contributed by atoms with E-state index in [-0.39, 0.29) is 23.1 Å². The molecule has 0 spiro atoms. The third-order valence-electron chi connectivity index (χ3n) is 5.76. The maximum absolute atomic E-state index is 14.0. The van der Waals surface area contributed by atoms with Crippen molar-refractivity contribution >= 4 is 46.0 Å². The Labute approximate surface area is 220 Å². The molecule has 5 aromatic rings. The van der Waals surface area contributed by atoms with Crippen LogP contribution < -0.4 is 5.32 Å². The third kappa shape index (κ3) is 5.33. The highest BCUT2D eigenvalue weighted by atomic mass is 35.5. The van der Waals surface area contributed by atoms with Gasteiger partial charge in [-0.05, 0) is 30.7 Å². The zero-order valence-electron chi connectivity index (χ0n) is 19.5. The number of nitrogens with one attached hydrogen (secondary N) is 1. The number of pyridine rings is 1. The summed E-state index contributed by atoms with van der Waals surface area (Å²) in [5.74, 6) is -0.0980. The van der Waals surface area contributed by atoms with E-state index in [1.54, 1.807) is 66.3 Å². The molecular weight excluding hydrogens is 521 g/mol. The zero-order chi connectivity index (χ0) is 26.1. The average molecular weight is 541 g/mol. The summed E-state index contributed by atoms with van der Waals surface area (Å²) in [6.07, 6.45) is -1.02. The number of hydrogen-bond donors (Lipinski definition) is 1. The average Bonchev–Trinajstić information content (AvgIpc) is 3.44. The summed E-state index contributed by atoms with van der Waals surface area (Å²) in [7, 11) is 0. The molecule has 2 aromatic carbocycles. The Morgan fingerprint density at radius 1 is 1.05 bits per heavy atom. The van der Waals surface area contributed by atoms with Crippen molar-refractivity contribution in [3.63, 3.8) is 0 Å². The topological polar surface area (TPSA) is 77.6 Å². The predicted octanol–water partition coefficient (Wildman–Crippen LogP) is 6.53. The first-order valence-electron chi connectivity index (χ1n) is 11.3. The number of anilines is 1. The van der Waals surface area contributed by atoms with Crippen molar-refractivity contribution in [3.8, 4) is 11.3 Å². The molecular formula is C26H20Cl2F2N6O. The summed E-state index contributed by atoms with van der Waals surface area (Å²) in [4.78, 5) is 17.4. The van der Waals surface area contributed by atoms with Gasteiger partial charge in [-0.2, -0.15) is 10.2 Å². The molecule has 188 valence electrons. The molecule has 0 saturated carbocycles. The number of amides is 1. The van der Waals surface area contributed by atoms with E-state index >= 15 is 0 Å². The minimum atomic E-state index is -2.73. The Bertz CT molecular complexity index is 1600. The van der Waals surface area contributed by atoms with Gasteiger partial charge in [-0.3, -0.25) is 9.48 Å². The van der Waals surface area contributed by atoms with E-state index in [0.717, 1.165) is 5.56 Å². The third-order valence-corrected chi connectivity index (χ3v) is 6.35. The van der Waals surface area contributed by atoms with Crippen LogP contribution in [0.25, 0.3) is 22.3 Å². The second-order valence-corrected chi connectivity index (χ2v) is 9.23. The van der Waals surface area contributed by atoms with E-state index in [1.165, 1.54) is 10.7 Å². The van der Waals surface area contributed by atoms with Gasteiger partial charge in [0.15, 0.2) is 11.5 Å². The van der Waals surface area contributed by atoms with Crippen LogP contribution in [0.5, 0.6) is 0 Å². The first kappa shape index (κ1) is 24.9. The normalized spacial score (nSPS) is 11.4. The van der Waals surface area contributed by atoms with Gasteiger partial charge < -0.3 is 5.32 Å². The van der Waals surface area contributed by atoms with Crippen molar-refractivity contribution in [1.82, 2.24) is 24.5 Å². The monoisotopic (exact) mass is 540 g/mol. The summed E-state index contributed by atoms with van der Waals surface area (Å²) < 4.78 is 30.9. The molecule has 5 rings (SSSR count). The van der Waals surface area contributed by atoms with Crippen LogP contribution in [0.2, 0.25) is 10.0 Å². The first-order valence-corrected chi connectivity index (χ1v) is 12.0. The van der Waals surface area contributed by atoms with Crippen molar-refractivity contribution in [2.45, 2.75) is 26.4 Å². The predicted molar refractivity (Wildman–Crippen MR) is 139 cm³/mol. The van der Waals surface area contributed by atoms with E-state index < -0.39 is 12.3 Å². The number of carbonyl (C=O) groups is 1. The van der Waals surface area contributed by atoms with Gasteiger partial charge in [-0.1, -0.05) is 59.6 Å². The summed E-state index contributed by atoms with van der Waals surface area (Å²) in [5, 5.41) is 12.7. The van der Waals surface area contributed by atoms with Gasteiger partial charge in [0.1, 0.15) is 6.54 Å². The molecule has 7 nitrogen and oxygen atoms in total. The number of aryl methyl sites for hydroxylation is 1. The summed E-state index contributed by atoms with van der Waals surface area (Å²) >= 11 is 12.2. The zero-order valence-corrected chi connectivity index (χ0v) is 21.0. The molecule has 0 saturated heterocycles. The highest BCUT2D eigenvalue weighted by Gasteiger charge is 2.22. The fourth-order valence-corrected chi connectivity index (χ4v) is 4.55. The van der Waals surface area contributed by atoms with Crippen LogP contribution in [0.15, 0.2) is 66.9 Å². The molecule has 0 radical (unpaired) electrons. The molecule has 1 amide bonds. The minimum absolute atomic E-state index is 0.174. The second kappa shape index (κ2) is 10.3. The Morgan fingerprint density at radius 3 is 2.57 bits per heavy atom. The fraction of sp³-hybridized carbons (Fsp3) is 0.154. The lowest BCUT2D eigenvalue weighted by Gasteiger charge is -2.09. The van der Waals surface area contributed by atoms with Crippen molar-refractivity contribution < 1.29 is 13.6 Å². The number of rotatable bonds is 7. The van der Waals surface area contributed by atoms with E-state index in [4.69, 9.17) is 23.2 Å². The van der Waals surface area contributed by atoms with Crippen LogP contribution in [0.4, 0.5) is 14.6 Å². The lowest BCUT2D eigenvalue weighted by molar-refractivity contribution is -0.116. The molecule has 0 atom stereocenters. The van der Waals surface area contributed by atoms with E-state index in [0.29, 0.717) is 39.4 Å². The van der Waals surface area contributed by atoms with Crippen LogP contribution in [0, 0.1) is 6.92 Å². The Balaban J connectivity index is 1.38. The second-order valence-electron chi connectivity index (χ2n) is 8.39. The molecule has 3 aromatic heterocycles. The van der Waals surface area contributed by atoms with Gasteiger partial charge in [-0.15, -0.1) is 0 Å². The van der Waals surface area contributed by atoms with Gasteiger partial charge in [-0.25, -0.2) is 18.4 Å². The van der Waals surface area contributed by atoms with Gasteiger partial charge >= 0.3 is 0 Å². The highest BCUT2D eigenvalue weighted by Crippen LogP contribution is 2.33.